The lowest BCUT2D eigenvalue weighted by Gasteiger charge is -2.26. The summed E-state index contributed by atoms with van der Waals surface area (Å²) in [6.45, 7) is 1.23. The molecule has 0 unspecified atom stereocenters. The third kappa shape index (κ3) is 2.61. The normalized spacial score (nSPS) is 14.5. The number of rotatable bonds is 3. The molecule has 4 aromatic heterocycles. The molecule has 0 saturated carbocycles. The van der Waals surface area contributed by atoms with Gasteiger partial charge in [0.25, 0.3) is 5.91 Å². The van der Waals surface area contributed by atoms with Crippen LogP contribution in [-0.2, 0) is 7.05 Å². The summed E-state index contributed by atoms with van der Waals surface area (Å²) >= 11 is 0. The van der Waals surface area contributed by atoms with E-state index < -0.39 is 0 Å². The molecule has 0 spiro atoms. The summed E-state index contributed by atoms with van der Waals surface area (Å²) in [6, 6.07) is 5.87. The van der Waals surface area contributed by atoms with E-state index in [0.29, 0.717) is 24.3 Å². The van der Waals surface area contributed by atoms with Gasteiger partial charge in [0.2, 0.25) is 0 Å². The minimum atomic E-state index is -0.0270. The minimum absolute atomic E-state index is 0.0270. The number of nitrogens with zero attached hydrogens (tertiary/aromatic N) is 5. The van der Waals surface area contributed by atoms with Gasteiger partial charge in [0.05, 0.1) is 23.1 Å². The van der Waals surface area contributed by atoms with E-state index in [1.54, 1.807) is 23.3 Å². The van der Waals surface area contributed by atoms with Gasteiger partial charge in [0.15, 0.2) is 0 Å². The number of carbonyl (C=O) groups excluding carboxylic acids is 1. The number of aromatic amines is 2. The third-order valence-electron chi connectivity index (χ3n) is 5.24. The SMILES string of the molecule is Cn1nccc1-c1[nH]ncc1C(=O)N1CC=C(c2c[nH]c3ncccc23)CC1. The number of carbonyl (C=O) groups is 1. The van der Waals surface area contributed by atoms with Crippen LogP contribution in [0, 0.1) is 0 Å². The summed E-state index contributed by atoms with van der Waals surface area (Å²) in [6.07, 6.45) is 10.00. The quantitative estimate of drug-likeness (QED) is 0.577. The second-order valence-corrected chi connectivity index (χ2v) is 6.83. The predicted molar refractivity (Wildman–Crippen MR) is 105 cm³/mol. The highest BCUT2D eigenvalue weighted by Crippen LogP contribution is 2.29. The Labute approximate surface area is 160 Å². The van der Waals surface area contributed by atoms with Gasteiger partial charge < -0.3 is 9.88 Å². The van der Waals surface area contributed by atoms with Crippen molar-refractivity contribution in [3.63, 3.8) is 0 Å². The van der Waals surface area contributed by atoms with Gasteiger partial charge in [-0.2, -0.15) is 10.2 Å². The zero-order valence-electron chi connectivity index (χ0n) is 15.4. The van der Waals surface area contributed by atoms with Crippen LogP contribution < -0.4 is 0 Å². The van der Waals surface area contributed by atoms with Crippen LogP contribution in [0.2, 0.25) is 0 Å². The summed E-state index contributed by atoms with van der Waals surface area (Å²) in [5.74, 6) is -0.0270. The first-order chi connectivity index (χ1) is 13.7. The molecule has 8 nitrogen and oxygen atoms in total. The first kappa shape index (κ1) is 16.5. The summed E-state index contributed by atoms with van der Waals surface area (Å²) in [7, 11) is 1.84. The number of hydrogen-bond acceptors (Lipinski definition) is 4. The molecule has 0 atom stereocenters. The second-order valence-electron chi connectivity index (χ2n) is 6.83. The van der Waals surface area contributed by atoms with E-state index in [-0.39, 0.29) is 5.91 Å². The van der Waals surface area contributed by atoms with Gasteiger partial charge in [-0.15, -0.1) is 0 Å². The van der Waals surface area contributed by atoms with Crippen LogP contribution in [0.15, 0.2) is 49.1 Å². The first-order valence-corrected chi connectivity index (χ1v) is 9.15. The number of amides is 1. The fourth-order valence-corrected chi connectivity index (χ4v) is 3.75. The number of nitrogens with one attached hydrogen (secondary N) is 2. The van der Waals surface area contributed by atoms with Crippen molar-refractivity contribution < 1.29 is 4.79 Å². The highest BCUT2D eigenvalue weighted by Gasteiger charge is 2.25. The third-order valence-corrected chi connectivity index (χ3v) is 5.24. The monoisotopic (exact) mass is 373 g/mol. The molecule has 0 radical (unpaired) electrons. The Hall–Kier alpha value is -3.68. The standard InChI is InChI=1S/C20H19N7O/c1-26-17(4-8-24-26)18-16(12-23-25-18)20(28)27-9-5-13(6-10-27)15-11-22-19-14(15)3-2-7-21-19/h2-5,7-8,11-12H,6,9-10H2,1H3,(H,21,22)(H,23,25). The number of H-pyrrole nitrogens is 2. The summed E-state index contributed by atoms with van der Waals surface area (Å²) < 4.78 is 1.73. The fraction of sp³-hybridized carbons (Fsp3) is 0.200. The Morgan fingerprint density at radius 3 is 2.96 bits per heavy atom. The van der Waals surface area contributed by atoms with E-state index in [2.05, 4.69) is 37.4 Å². The smallest absolute Gasteiger partial charge is 0.258 e. The highest BCUT2D eigenvalue weighted by atomic mass is 16.2. The lowest BCUT2D eigenvalue weighted by Crippen LogP contribution is -2.34. The summed E-state index contributed by atoms with van der Waals surface area (Å²) in [5.41, 5.74) is 5.38. The maximum Gasteiger partial charge on any atom is 0.258 e. The minimum Gasteiger partial charge on any atom is -0.346 e. The van der Waals surface area contributed by atoms with Gasteiger partial charge >= 0.3 is 0 Å². The van der Waals surface area contributed by atoms with E-state index in [9.17, 15) is 4.79 Å². The number of aromatic nitrogens is 6. The molecular formula is C20H19N7O. The van der Waals surface area contributed by atoms with Crippen LogP contribution in [-0.4, -0.2) is 53.8 Å². The van der Waals surface area contributed by atoms with Crippen LogP contribution in [0.1, 0.15) is 22.3 Å². The Bertz CT molecular complexity index is 1200. The molecule has 140 valence electrons. The number of hydrogen-bond donors (Lipinski definition) is 2. The van der Waals surface area contributed by atoms with Crippen LogP contribution in [0.5, 0.6) is 0 Å². The summed E-state index contributed by atoms with van der Waals surface area (Å²) in [5, 5.41) is 12.3. The largest absolute Gasteiger partial charge is 0.346 e. The maximum atomic E-state index is 13.1. The van der Waals surface area contributed by atoms with Crippen molar-refractivity contribution in [2.45, 2.75) is 6.42 Å². The maximum absolute atomic E-state index is 13.1. The van der Waals surface area contributed by atoms with Crippen LogP contribution in [0.25, 0.3) is 28.0 Å². The fourth-order valence-electron chi connectivity index (χ4n) is 3.75. The van der Waals surface area contributed by atoms with Crippen molar-refractivity contribution >= 4 is 22.5 Å². The van der Waals surface area contributed by atoms with Crippen molar-refractivity contribution in [1.82, 2.24) is 34.8 Å². The van der Waals surface area contributed by atoms with Gasteiger partial charge in [0, 0.05) is 49.7 Å². The topological polar surface area (TPSA) is 95.5 Å². The van der Waals surface area contributed by atoms with Crippen molar-refractivity contribution in [3.05, 3.63) is 60.2 Å². The molecule has 2 N–H and O–H groups in total. The van der Waals surface area contributed by atoms with E-state index in [1.165, 1.54) is 5.57 Å². The average molecular weight is 373 g/mol. The molecule has 28 heavy (non-hydrogen) atoms. The molecule has 4 aromatic rings. The molecule has 1 amide bonds. The molecule has 5 heterocycles. The molecule has 0 aromatic carbocycles. The van der Waals surface area contributed by atoms with Gasteiger partial charge in [-0.1, -0.05) is 6.08 Å². The van der Waals surface area contributed by atoms with Gasteiger partial charge in [0.1, 0.15) is 5.65 Å². The van der Waals surface area contributed by atoms with Crippen LogP contribution in [0.3, 0.4) is 0 Å². The number of fused-ring (bicyclic) bond motifs is 1. The van der Waals surface area contributed by atoms with Gasteiger partial charge in [-0.05, 0) is 30.2 Å². The zero-order valence-corrected chi connectivity index (χ0v) is 15.4. The Balaban J connectivity index is 1.40. The molecule has 8 heteroatoms. The summed E-state index contributed by atoms with van der Waals surface area (Å²) in [4.78, 5) is 22.5. The van der Waals surface area contributed by atoms with Gasteiger partial charge in [-0.3, -0.25) is 14.6 Å². The van der Waals surface area contributed by atoms with Crippen molar-refractivity contribution in [2.24, 2.45) is 7.05 Å². The van der Waals surface area contributed by atoms with Crippen molar-refractivity contribution in [1.29, 1.82) is 0 Å². The Kier molecular flexibility index (Phi) is 3.82. The van der Waals surface area contributed by atoms with E-state index in [4.69, 9.17) is 0 Å². The average Bonchev–Trinajstić information content (AvgIpc) is 3.46. The molecule has 0 bridgehead atoms. The second kappa shape index (κ2) is 6.49. The number of aryl methyl sites for hydroxylation is 1. The molecule has 5 rings (SSSR count). The molecule has 0 fully saturated rings. The van der Waals surface area contributed by atoms with Gasteiger partial charge in [-0.25, -0.2) is 4.98 Å². The number of pyridine rings is 1. The lowest BCUT2D eigenvalue weighted by atomic mass is 9.99. The highest BCUT2D eigenvalue weighted by molar-refractivity contribution is 6.00. The molecule has 0 saturated heterocycles. The van der Waals surface area contributed by atoms with E-state index >= 15 is 0 Å². The Morgan fingerprint density at radius 2 is 2.18 bits per heavy atom. The molecule has 0 aliphatic carbocycles. The van der Waals surface area contributed by atoms with Crippen LogP contribution >= 0.6 is 0 Å². The van der Waals surface area contributed by atoms with Crippen LogP contribution in [0.4, 0.5) is 0 Å². The molecular weight excluding hydrogens is 354 g/mol. The molecule has 1 aliphatic rings. The molecule has 1 aliphatic heterocycles. The zero-order chi connectivity index (χ0) is 19.1. The van der Waals surface area contributed by atoms with E-state index in [1.807, 2.05) is 30.3 Å². The van der Waals surface area contributed by atoms with E-state index in [0.717, 1.165) is 28.7 Å². The lowest BCUT2D eigenvalue weighted by molar-refractivity contribution is 0.0773. The van der Waals surface area contributed by atoms with Crippen molar-refractivity contribution in [2.75, 3.05) is 13.1 Å². The Morgan fingerprint density at radius 1 is 1.25 bits per heavy atom. The first-order valence-electron chi connectivity index (χ1n) is 9.15. The predicted octanol–water partition coefficient (Wildman–Crippen LogP) is 2.62. The van der Waals surface area contributed by atoms with Crippen molar-refractivity contribution in [3.8, 4) is 11.4 Å².